The number of pyridine rings is 1. The van der Waals surface area contributed by atoms with Crippen LogP contribution in [0.4, 0.5) is 14.5 Å². The van der Waals surface area contributed by atoms with E-state index in [1.807, 2.05) is 10.9 Å². The SMILES string of the molecule is O=C(Cc1nc(-c2ccc(F)cc2F)ccc1[N+](=O)[O-])N1Cc2cn(C3COC3)nc2C1. The monoisotopic (exact) mass is 441 g/mol. The molecular weight excluding hydrogens is 424 g/mol. The number of nitrogens with zero attached hydrogens (tertiary/aromatic N) is 5. The van der Waals surface area contributed by atoms with Gasteiger partial charge in [-0.3, -0.25) is 19.6 Å². The highest BCUT2D eigenvalue weighted by atomic mass is 19.1. The highest BCUT2D eigenvalue weighted by molar-refractivity contribution is 5.80. The van der Waals surface area contributed by atoms with E-state index in [1.54, 1.807) is 4.90 Å². The molecule has 2 aromatic heterocycles. The van der Waals surface area contributed by atoms with Gasteiger partial charge in [0.2, 0.25) is 5.91 Å². The highest BCUT2D eigenvalue weighted by Crippen LogP contribution is 2.29. The lowest BCUT2D eigenvalue weighted by atomic mass is 10.1. The van der Waals surface area contributed by atoms with Gasteiger partial charge in [0.25, 0.3) is 5.69 Å². The van der Waals surface area contributed by atoms with E-state index >= 15 is 0 Å². The van der Waals surface area contributed by atoms with E-state index in [2.05, 4.69) is 10.1 Å². The quantitative estimate of drug-likeness (QED) is 0.446. The van der Waals surface area contributed by atoms with Crippen molar-refractivity contribution in [1.29, 1.82) is 0 Å². The van der Waals surface area contributed by atoms with Gasteiger partial charge in [-0.05, 0) is 18.2 Å². The Balaban J connectivity index is 1.37. The van der Waals surface area contributed by atoms with Crippen LogP contribution in [-0.2, 0) is 29.0 Å². The minimum atomic E-state index is -0.845. The Labute approximate surface area is 180 Å². The van der Waals surface area contributed by atoms with Gasteiger partial charge in [-0.15, -0.1) is 0 Å². The molecule has 5 rings (SSSR count). The van der Waals surface area contributed by atoms with Crippen LogP contribution in [-0.4, -0.2) is 43.7 Å². The molecule has 2 aliphatic rings. The summed E-state index contributed by atoms with van der Waals surface area (Å²) in [6.45, 7) is 1.88. The number of rotatable bonds is 5. The second kappa shape index (κ2) is 7.75. The molecule has 0 saturated carbocycles. The molecule has 9 nitrogen and oxygen atoms in total. The second-order valence-corrected chi connectivity index (χ2v) is 7.74. The normalized spacial score (nSPS) is 15.5. The van der Waals surface area contributed by atoms with Crippen LogP contribution >= 0.6 is 0 Å². The molecule has 4 heterocycles. The van der Waals surface area contributed by atoms with Gasteiger partial charge in [0.1, 0.15) is 17.3 Å². The number of ether oxygens (including phenoxy) is 1. The van der Waals surface area contributed by atoms with Crippen molar-refractivity contribution in [3.8, 4) is 11.3 Å². The van der Waals surface area contributed by atoms with Gasteiger partial charge in [-0.25, -0.2) is 13.8 Å². The number of hydrogen-bond donors (Lipinski definition) is 0. The Hall–Kier alpha value is -3.73. The van der Waals surface area contributed by atoms with Gasteiger partial charge >= 0.3 is 0 Å². The lowest BCUT2D eigenvalue weighted by Crippen LogP contribution is -2.32. The van der Waals surface area contributed by atoms with Crippen molar-refractivity contribution in [3.63, 3.8) is 0 Å². The third-order valence-corrected chi connectivity index (χ3v) is 5.62. The van der Waals surface area contributed by atoms with Crippen molar-refractivity contribution in [2.75, 3.05) is 13.2 Å². The van der Waals surface area contributed by atoms with Crippen LogP contribution in [0.15, 0.2) is 36.5 Å². The summed E-state index contributed by atoms with van der Waals surface area (Å²) in [6, 6.07) is 5.66. The standard InChI is InChI=1S/C21H17F2N5O4/c22-13-1-2-15(16(23)5-13)17-3-4-20(28(30)31)18(24-17)6-21(29)26-7-12-8-27(14-10-32-11-14)25-19(12)9-26/h1-5,8,14H,6-7,9-11H2. The van der Waals surface area contributed by atoms with Crippen LogP contribution in [0, 0.1) is 21.7 Å². The molecular formula is C21H17F2N5O4. The number of benzene rings is 1. The fourth-order valence-electron chi connectivity index (χ4n) is 3.81. The number of amides is 1. The minimum Gasteiger partial charge on any atom is -0.377 e. The average molecular weight is 441 g/mol. The summed E-state index contributed by atoms with van der Waals surface area (Å²) in [5.74, 6) is -1.94. The van der Waals surface area contributed by atoms with Crippen molar-refractivity contribution in [2.45, 2.75) is 25.6 Å². The first-order valence-corrected chi connectivity index (χ1v) is 9.91. The van der Waals surface area contributed by atoms with E-state index in [4.69, 9.17) is 4.74 Å². The summed E-state index contributed by atoms with van der Waals surface area (Å²) in [5, 5.41) is 16.0. The summed E-state index contributed by atoms with van der Waals surface area (Å²) < 4.78 is 34.4. The third-order valence-electron chi connectivity index (χ3n) is 5.62. The van der Waals surface area contributed by atoms with Crippen LogP contribution in [0.3, 0.4) is 0 Å². The molecule has 1 amide bonds. The smallest absolute Gasteiger partial charge is 0.291 e. The Kier molecular flexibility index (Phi) is 4.89. The summed E-state index contributed by atoms with van der Waals surface area (Å²) in [6.07, 6.45) is 1.57. The lowest BCUT2D eigenvalue weighted by Gasteiger charge is -2.26. The van der Waals surface area contributed by atoms with Crippen molar-refractivity contribution >= 4 is 11.6 Å². The zero-order chi connectivity index (χ0) is 22.4. The molecule has 0 unspecified atom stereocenters. The zero-order valence-corrected chi connectivity index (χ0v) is 16.7. The molecule has 0 N–H and O–H groups in total. The maximum atomic E-state index is 14.2. The van der Waals surface area contributed by atoms with E-state index in [0.29, 0.717) is 32.4 Å². The molecule has 1 saturated heterocycles. The number of hydrogen-bond acceptors (Lipinski definition) is 6. The predicted molar refractivity (Wildman–Crippen MR) is 106 cm³/mol. The Bertz CT molecular complexity index is 1220. The van der Waals surface area contributed by atoms with E-state index in [-0.39, 0.29) is 41.0 Å². The van der Waals surface area contributed by atoms with Crippen LogP contribution < -0.4 is 0 Å². The van der Waals surface area contributed by atoms with Gasteiger partial charge in [0, 0.05) is 36.0 Å². The minimum absolute atomic E-state index is 0.00900. The molecule has 3 aromatic rings. The van der Waals surface area contributed by atoms with Crippen LogP contribution in [0.5, 0.6) is 0 Å². The predicted octanol–water partition coefficient (Wildman–Crippen LogP) is 2.79. The summed E-state index contributed by atoms with van der Waals surface area (Å²) in [7, 11) is 0. The summed E-state index contributed by atoms with van der Waals surface area (Å²) in [5.41, 5.74) is 1.37. The van der Waals surface area contributed by atoms with Gasteiger partial charge in [-0.1, -0.05) is 0 Å². The third kappa shape index (κ3) is 3.60. The fraction of sp³-hybridized carbons (Fsp3) is 0.286. The molecule has 2 aliphatic heterocycles. The molecule has 32 heavy (non-hydrogen) atoms. The second-order valence-electron chi connectivity index (χ2n) is 7.74. The van der Waals surface area contributed by atoms with Gasteiger partial charge in [0.05, 0.1) is 48.5 Å². The van der Waals surface area contributed by atoms with Gasteiger partial charge < -0.3 is 9.64 Å². The maximum Gasteiger partial charge on any atom is 0.291 e. The number of fused-ring (bicyclic) bond motifs is 1. The van der Waals surface area contributed by atoms with Gasteiger partial charge in [0.15, 0.2) is 0 Å². The van der Waals surface area contributed by atoms with Crippen LogP contribution in [0.2, 0.25) is 0 Å². The Morgan fingerprint density at radius 3 is 2.69 bits per heavy atom. The van der Waals surface area contributed by atoms with Crippen molar-refractivity contribution < 1.29 is 23.2 Å². The summed E-state index contributed by atoms with van der Waals surface area (Å²) in [4.78, 5) is 29.4. The van der Waals surface area contributed by atoms with E-state index < -0.39 is 16.6 Å². The first-order valence-electron chi connectivity index (χ1n) is 9.91. The van der Waals surface area contributed by atoms with Crippen molar-refractivity contribution in [2.24, 2.45) is 0 Å². The molecule has 0 radical (unpaired) electrons. The molecule has 0 aliphatic carbocycles. The molecule has 11 heteroatoms. The largest absolute Gasteiger partial charge is 0.377 e. The average Bonchev–Trinajstić information content (AvgIpc) is 3.25. The number of carbonyl (C=O) groups excluding carboxylic acids is 1. The van der Waals surface area contributed by atoms with Crippen LogP contribution in [0.1, 0.15) is 23.0 Å². The van der Waals surface area contributed by atoms with E-state index in [0.717, 1.165) is 17.3 Å². The molecule has 0 bridgehead atoms. The van der Waals surface area contributed by atoms with E-state index in [9.17, 15) is 23.7 Å². The number of nitro groups is 1. The highest BCUT2D eigenvalue weighted by Gasteiger charge is 2.31. The molecule has 0 spiro atoms. The first kappa shape index (κ1) is 20.2. The van der Waals surface area contributed by atoms with E-state index in [1.165, 1.54) is 18.2 Å². The zero-order valence-electron chi connectivity index (χ0n) is 16.7. The molecule has 1 aromatic carbocycles. The Morgan fingerprint density at radius 1 is 1.22 bits per heavy atom. The Morgan fingerprint density at radius 2 is 2.03 bits per heavy atom. The van der Waals surface area contributed by atoms with Crippen molar-refractivity contribution in [1.82, 2.24) is 19.7 Å². The maximum absolute atomic E-state index is 14.2. The summed E-state index contributed by atoms with van der Waals surface area (Å²) >= 11 is 0. The number of carbonyl (C=O) groups is 1. The molecule has 0 atom stereocenters. The van der Waals surface area contributed by atoms with Crippen LogP contribution in [0.25, 0.3) is 11.3 Å². The number of halogens is 2. The van der Waals surface area contributed by atoms with Crippen molar-refractivity contribution in [3.05, 3.63) is 75.2 Å². The fourth-order valence-corrected chi connectivity index (χ4v) is 3.81. The topological polar surface area (TPSA) is 103 Å². The van der Waals surface area contributed by atoms with Gasteiger partial charge in [-0.2, -0.15) is 5.10 Å². The number of aromatic nitrogens is 3. The molecule has 164 valence electrons. The first-order chi connectivity index (χ1) is 15.4. The lowest BCUT2D eigenvalue weighted by molar-refractivity contribution is -0.385. The molecule has 1 fully saturated rings.